The van der Waals surface area contributed by atoms with E-state index in [1.54, 1.807) is 16.7 Å². The quantitative estimate of drug-likeness (QED) is 0.294. The molecule has 0 spiro atoms. The maximum Gasteiger partial charge on any atom is 0.263 e. The molecule has 0 bridgehead atoms. The highest BCUT2D eigenvalue weighted by molar-refractivity contribution is 7.89. The van der Waals surface area contributed by atoms with Crippen LogP contribution >= 0.6 is 0 Å². The molecular formula is C28H23N7O3S. The number of sulfonamides is 1. The van der Waals surface area contributed by atoms with Crippen LogP contribution in [0.15, 0.2) is 94.7 Å². The summed E-state index contributed by atoms with van der Waals surface area (Å²) in [6, 6.07) is 24.2. The van der Waals surface area contributed by atoms with Crippen molar-refractivity contribution in [2.75, 3.05) is 11.1 Å². The second-order valence-electron chi connectivity index (χ2n) is 8.85. The number of para-hydroxylation sites is 1. The molecule has 0 aliphatic carbocycles. The molecule has 11 heteroatoms. The lowest BCUT2D eigenvalue weighted by Gasteiger charge is -2.22. The van der Waals surface area contributed by atoms with E-state index < -0.39 is 16.1 Å². The van der Waals surface area contributed by atoms with E-state index in [2.05, 4.69) is 15.3 Å². The van der Waals surface area contributed by atoms with Crippen molar-refractivity contribution >= 4 is 32.6 Å². The van der Waals surface area contributed by atoms with Crippen molar-refractivity contribution in [2.24, 2.45) is 5.14 Å². The van der Waals surface area contributed by atoms with Gasteiger partial charge in [0.2, 0.25) is 16.0 Å². The van der Waals surface area contributed by atoms with E-state index in [1.807, 2.05) is 67.6 Å². The van der Waals surface area contributed by atoms with Crippen LogP contribution in [0, 0.1) is 11.3 Å². The van der Waals surface area contributed by atoms with Gasteiger partial charge in [-0.05, 0) is 53.8 Å². The van der Waals surface area contributed by atoms with Crippen LogP contribution in [0.2, 0.25) is 0 Å². The lowest BCUT2D eigenvalue weighted by Crippen LogP contribution is -2.26. The Bertz CT molecular complexity index is 1910. The van der Waals surface area contributed by atoms with Gasteiger partial charge in [0.1, 0.15) is 17.5 Å². The average molecular weight is 538 g/mol. The van der Waals surface area contributed by atoms with E-state index in [9.17, 15) is 18.5 Å². The van der Waals surface area contributed by atoms with Gasteiger partial charge in [0.15, 0.2) is 0 Å². The van der Waals surface area contributed by atoms with Gasteiger partial charge in [-0.3, -0.25) is 9.36 Å². The fourth-order valence-electron chi connectivity index (χ4n) is 4.48. The molecule has 5 N–H and O–H groups in total. The van der Waals surface area contributed by atoms with Gasteiger partial charge in [0.25, 0.3) is 5.56 Å². The van der Waals surface area contributed by atoms with Gasteiger partial charge in [-0.15, -0.1) is 0 Å². The number of nitrogen functional groups attached to an aromatic ring is 1. The second-order valence-corrected chi connectivity index (χ2v) is 10.4. The molecule has 0 saturated carbocycles. The Morgan fingerprint density at radius 2 is 1.74 bits per heavy atom. The van der Waals surface area contributed by atoms with E-state index in [4.69, 9.17) is 10.9 Å². The number of nitrogens with zero attached hydrogens (tertiary/aromatic N) is 4. The Kier molecular flexibility index (Phi) is 6.57. The van der Waals surface area contributed by atoms with Crippen molar-refractivity contribution in [3.05, 3.63) is 107 Å². The molecule has 1 atom stereocenters. The summed E-state index contributed by atoms with van der Waals surface area (Å²) < 4.78 is 25.1. The maximum atomic E-state index is 14.2. The predicted octanol–water partition coefficient (Wildman–Crippen LogP) is 3.72. The molecule has 39 heavy (non-hydrogen) atoms. The molecule has 10 nitrogen and oxygen atoms in total. The third-order valence-electron chi connectivity index (χ3n) is 6.31. The highest BCUT2D eigenvalue weighted by atomic mass is 32.2. The molecule has 0 saturated heterocycles. The minimum absolute atomic E-state index is 0.0146. The Balaban J connectivity index is 1.72. The molecule has 3 aromatic carbocycles. The first-order chi connectivity index (χ1) is 18.7. The maximum absolute atomic E-state index is 14.2. The zero-order valence-electron chi connectivity index (χ0n) is 20.7. The molecule has 0 aliphatic rings. The van der Waals surface area contributed by atoms with Crippen LogP contribution in [0.3, 0.4) is 0 Å². The largest absolute Gasteiger partial charge is 0.368 e. The van der Waals surface area contributed by atoms with Gasteiger partial charge in [0, 0.05) is 11.4 Å². The van der Waals surface area contributed by atoms with Crippen LogP contribution in [0.25, 0.3) is 27.6 Å². The minimum atomic E-state index is -3.85. The van der Waals surface area contributed by atoms with Gasteiger partial charge in [-0.1, -0.05) is 48.5 Å². The van der Waals surface area contributed by atoms with Crippen molar-refractivity contribution < 1.29 is 8.42 Å². The topological polar surface area (TPSA) is 170 Å². The number of nitriles is 1. The second kappa shape index (κ2) is 10.0. The molecule has 0 unspecified atom stereocenters. The third kappa shape index (κ3) is 4.94. The highest BCUT2D eigenvalue weighted by Gasteiger charge is 2.20. The summed E-state index contributed by atoms with van der Waals surface area (Å²) in [7, 11) is -3.85. The van der Waals surface area contributed by atoms with E-state index in [0.717, 1.165) is 0 Å². The number of anilines is 2. The first-order valence-electron chi connectivity index (χ1n) is 11.8. The van der Waals surface area contributed by atoms with Crippen molar-refractivity contribution in [3.63, 3.8) is 0 Å². The van der Waals surface area contributed by atoms with Crippen LogP contribution in [0.5, 0.6) is 0 Å². The molecule has 194 valence electrons. The summed E-state index contributed by atoms with van der Waals surface area (Å²) in [5.41, 5.74) is 8.29. The molecule has 0 fully saturated rings. The number of rotatable bonds is 6. The average Bonchev–Trinajstić information content (AvgIpc) is 2.93. The van der Waals surface area contributed by atoms with Crippen LogP contribution in [-0.4, -0.2) is 23.0 Å². The van der Waals surface area contributed by atoms with Crippen molar-refractivity contribution in [3.8, 4) is 22.9 Å². The number of hydrogen-bond donors (Lipinski definition) is 3. The number of nitrogens with one attached hydrogen (secondary N) is 1. The number of benzene rings is 3. The van der Waals surface area contributed by atoms with Crippen LogP contribution in [0.1, 0.15) is 24.2 Å². The SMILES string of the molecule is C[C@H](Nc1nc(N)ncc1C#N)c1cc2cccc(-c3ccc(S(N)(=O)=O)cc3)c2c(=O)n1-c1ccccc1. The number of nitrogens with two attached hydrogens (primary N) is 2. The smallest absolute Gasteiger partial charge is 0.263 e. The van der Waals surface area contributed by atoms with Gasteiger partial charge in [-0.25, -0.2) is 18.5 Å². The molecule has 0 radical (unpaired) electrons. The summed E-state index contributed by atoms with van der Waals surface area (Å²) in [6.45, 7) is 1.86. The molecule has 0 aliphatic heterocycles. The number of hydrogen-bond acceptors (Lipinski definition) is 8. The van der Waals surface area contributed by atoms with E-state index >= 15 is 0 Å². The number of primary sulfonamides is 1. The zero-order valence-corrected chi connectivity index (χ0v) is 21.6. The van der Waals surface area contributed by atoms with Crippen LogP contribution in [0.4, 0.5) is 11.8 Å². The third-order valence-corrected chi connectivity index (χ3v) is 7.24. The first kappa shape index (κ1) is 25.6. The fraction of sp³-hybridized carbons (Fsp3) is 0.0714. The van der Waals surface area contributed by atoms with E-state index in [0.29, 0.717) is 33.3 Å². The monoisotopic (exact) mass is 537 g/mol. The summed E-state index contributed by atoms with van der Waals surface area (Å²) >= 11 is 0. The van der Waals surface area contributed by atoms with Crippen LogP contribution in [-0.2, 0) is 10.0 Å². The summed E-state index contributed by atoms with van der Waals surface area (Å²) in [4.78, 5) is 22.3. The number of aromatic nitrogens is 3. The highest BCUT2D eigenvalue weighted by Crippen LogP contribution is 2.31. The van der Waals surface area contributed by atoms with Crippen molar-refractivity contribution in [2.45, 2.75) is 17.9 Å². The van der Waals surface area contributed by atoms with Crippen molar-refractivity contribution in [1.29, 1.82) is 5.26 Å². The number of pyridine rings is 1. The summed E-state index contributed by atoms with van der Waals surface area (Å²) in [5.74, 6) is 0.272. The number of fused-ring (bicyclic) bond motifs is 1. The van der Waals surface area contributed by atoms with Gasteiger partial charge in [0.05, 0.1) is 22.5 Å². The summed E-state index contributed by atoms with van der Waals surface area (Å²) in [6.07, 6.45) is 1.34. The first-order valence-corrected chi connectivity index (χ1v) is 13.4. The zero-order chi connectivity index (χ0) is 27.7. The lowest BCUT2D eigenvalue weighted by atomic mass is 9.98. The molecule has 0 amide bonds. The summed E-state index contributed by atoms with van der Waals surface area (Å²) in [5, 5.41) is 19.1. The predicted molar refractivity (Wildman–Crippen MR) is 150 cm³/mol. The normalized spacial score (nSPS) is 12.1. The Morgan fingerprint density at radius 3 is 2.41 bits per heavy atom. The minimum Gasteiger partial charge on any atom is -0.368 e. The Hall–Kier alpha value is -5.05. The standard InChI is InChI=1S/C28H23N7O3S/c1-17(33-26-20(15-29)16-32-28(30)34-26)24-14-19-6-5-9-23(18-10-12-22(13-11-18)39(31,37)38)25(19)27(36)35(24)21-7-3-2-4-8-21/h2-14,16-17H,1H3,(H2,31,37,38)(H3,30,32,33,34)/t17-/m0/s1. The Labute approximate surface area is 224 Å². The van der Waals surface area contributed by atoms with Crippen molar-refractivity contribution in [1.82, 2.24) is 14.5 Å². The van der Waals surface area contributed by atoms with E-state index in [-0.39, 0.29) is 27.8 Å². The van der Waals surface area contributed by atoms with Gasteiger partial charge < -0.3 is 11.1 Å². The molecule has 5 aromatic rings. The lowest BCUT2D eigenvalue weighted by molar-refractivity contribution is 0.598. The Morgan fingerprint density at radius 1 is 1.03 bits per heavy atom. The fourth-order valence-corrected chi connectivity index (χ4v) is 4.99. The van der Waals surface area contributed by atoms with Gasteiger partial charge in [-0.2, -0.15) is 10.2 Å². The molecule has 2 heterocycles. The van der Waals surface area contributed by atoms with Crippen LogP contribution < -0.4 is 21.7 Å². The molecule has 5 rings (SSSR count). The van der Waals surface area contributed by atoms with Gasteiger partial charge >= 0.3 is 0 Å². The molecule has 2 aromatic heterocycles. The van der Waals surface area contributed by atoms with E-state index in [1.165, 1.54) is 18.3 Å². The molecular weight excluding hydrogens is 514 g/mol.